The second-order valence-corrected chi connectivity index (χ2v) is 4.37. The van der Waals surface area contributed by atoms with Crippen LogP contribution < -0.4 is 0 Å². The zero-order valence-corrected chi connectivity index (χ0v) is 10.6. The molecule has 3 nitrogen and oxygen atoms in total. The highest BCUT2D eigenvalue weighted by Crippen LogP contribution is 2.15. The second-order valence-electron chi connectivity index (χ2n) is 4.37. The van der Waals surface area contributed by atoms with Gasteiger partial charge >= 0.3 is 0 Å². The molecule has 0 aromatic rings. The average Bonchev–Trinajstić information content (AvgIpc) is 2.29. The molecule has 0 N–H and O–H groups in total. The number of hydrogen-bond acceptors (Lipinski definition) is 3. The zero-order chi connectivity index (χ0) is 11.8. The molecule has 1 rings (SSSR count). The van der Waals surface area contributed by atoms with Gasteiger partial charge in [-0.25, -0.2) is 0 Å². The number of allylic oxidation sites excluding steroid dienone is 1. The number of rotatable bonds is 6. The van der Waals surface area contributed by atoms with Crippen LogP contribution >= 0.6 is 0 Å². The minimum absolute atomic E-state index is 0.293. The van der Waals surface area contributed by atoms with Gasteiger partial charge in [-0.1, -0.05) is 6.08 Å². The standard InChI is InChI=1S/C13H23NO2/c1-11(2)16-9-8-15-10-12-4-6-13(14-3)7-5-12/h4,6,11-12H,5,7-10H2,1-3H3. The van der Waals surface area contributed by atoms with Gasteiger partial charge in [0.1, 0.15) is 0 Å². The molecule has 0 amide bonds. The van der Waals surface area contributed by atoms with E-state index < -0.39 is 0 Å². The summed E-state index contributed by atoms with van der Waals surface area (Å²) in [6.07, 6.45) is 6.83. The van der Waals surface area contributed by atoms with Crippen molar-refractivity contribution in [2.24, 2.45) is 10.9 Å². The summed E-state index contributed by atoms with van der Waals surface area (Å²) in [7, 11) is 1.85. The normalized spacial score (nSPS) is 23.2. The molecule has 16 heavy (non-hydrogen) atoms. The molecule has 1 atom stereocenters. The van der Waals surface area contributed by atoms with Crippen LogP contribution in [0.3, 0.4) is 0 Å². The first-order valence-electron chi connectivity index (χ1n) is 6.05. The minimum Gasteiger partial charge on any atom is -0.378 e. The highest BCUT2D eigenvalue weighted by atomic mass is 16.5. The van der Waals surface area contributed by atoms with E-state index in [1.54, 1.807) is 0 Å². The topological polar surface area (TPSA) is 30.8 Å². The highest BCUT2D eigenvalue weighted by Gasteiger charge is 2.11. The van der Waals surface area contributed by atoms with E-state index in [-0.39, 0.29) is 0 Å². The van der Waals surface area contributed by atoms with Crippen LogP contribution in [0.2, 0.25) is 0 Å². The molecule has 3 heteroatoms. The third-order valence-corrected chi connectivity index (χ3v) is 2.63. The third kappa shape index (κ3) is 5.42. The van der Waals surface area contributed by atoms with Crippen LogP contribution in [0.15, 0.2) is 17.1 Å². The van der Waals surface area contributed by atoms with Crippen molar-refractivity contribution < 1.29 is 9.47 Å². The van der Waals surface area contributed by atoms with Gasteiger partial charge in [-0.05, 0) is 32.8 Å². The van der Waals surface area contributed by atoms with Crippen molar-refractivity contribution in [3.05, 3.63) is 12.2 Å². The predicted molar refractivity (Wildman–Crippen MR) is 67.1 cm³/mol. The van der Waals surface area contributed by atoms with Crippen molar-refractivity contribution in [3.8, 4) is 0 Å². The quantitative estimate of drug-likeness (QED) is 0.650. The lowest BCUT2D eigenvalue weighted by atomic mass is 9.95. The van der Waals surface area contributed by atoms with Gasteiger partial charge in [0, 0.05) is 18.7 Å². The van der Waals surface area contributed by atoms with E-state index in [4.69, 9.17) is 9.47 Å². The lowest BCUT2D eigenvalue weighted by Gasteiger charge is -2.17. The minimum atomic E-state index is 0.293. The zero-order valence-electron chi connectivity index (χ0n) is 10.6. The van der Waals surface area contributed by atoms with Crippen LogP contribution in [0.25, 0.3) is 0 Å². The fraction of sp³-hybridized carbons (Fsp3) is 0.769. The lowest BCUT2D eigenvalue weighted by molar-refractivity contribution is 0.0130. The van der Waals surface area contributed by atoms with Crippen LogP contribution in [-0.2, 0) is 9.47 Å². The molecule has 1 aliphatic rings. The van der Waals surface area contributed by atoms with Gasteiger partial charge in [0.05, 0.1) is 25.9 Å². The van der Waals surface area contributed by atoms with E-state index in [2.05, 4.69) is 17.1 Å². The molecular weight excluding hydrogens is 202 g/mol. The fourth-order valence-corrected chi connectivity index (χ4v) is 1.66. The smallest absolute Gasteiger partial charge is 0.0703 e. The maximum atomic E-state index is 5.58. The summed E-state index contributed by atoms with van der Waals surface area (Å²) in [6.45, 7) is 6.26. The van der Waals surface area contributed by atoms with Gasteiger partial charge in [-0.3, -0.25) is 4.99 Å². The Kier molecular flexibility index (Phi) is 6.34. The molecule has 0 saturated heterocycles. The van der Waals surface area contributed by atoms with Crippen molar-refractivity contribution in [1.29, 1.82) is 0 Å². The summed E-state index contributed by atoms with van der Waals surface area (Å²) in [5.41, 5.74) is 1.19. The van der Waals surface area contributed by atoms with Gasteiger partial charge < -0.3 is 9.47 Å². The summed E-state index contributed by atoms with van der Waals surface area (Å²) in [5.74, 6) is 0.546. The van der Waals surface area contributed by atoms with Gasteiger partial charge in [-0.15, -0.1) is 0 Å². The van der Waals surface area contributed by atoms with Crippen LogP contribution in [0.4, 0.5) is 0 Å². The molecule has 0 aromatic heterocycles. The molecule has 1 unspecified atom stereocenters. The molecule has 0 fully saturated rings. The van der Waals surface area contributed by atoms with E-state index in [9.17, 15) is 0 Å². The maximum absolute atomic E-state index is 5.58. The van der Waals surface area contributed by atoms with Crippen LogP contribution in [-0.4, -0.2) is 38.7 Å². The van der Waals surface area contributed by atoms with E-state index in [1.807, 2.05) is 20.9 Å². The second kappa shape index (κ2) is 7.58. The first-order chi connectivity index (χ1) is 7.72. The van der Waals surface area contributed by atoms with Crippen molar-refractivity contribution in [2.75, 3.05) is 26.9 Å². The summed E-state index contributed by atoms with van der Waals surface area (Å²) in [5, 5.41) is 0. The molecule has 0 aromatic carbocycles. The molecule has 0 radical (unpaired) electrons. The number of aliphatic imine (C=N–C) groups is 1. The van der Waals surface area contributed by atoms with Gasteiger partial charge in [0.15, 0.2) is 0 Å². The van der Waals surface area contributed by atoms with Gasteiger partial charge in [0.2, 0.25) is 0 Å². The largest absolute Gasteiger partial charge is 0.378 e. The Labute approximate surface area is 98.5 Å². The van der Waals surface area contributed by atoms with E-state index in [0.717, 1.165) is 19.4 Å². The maximum Gasteiger partial charge on any atom is 0.0703 e. The van der Waals surface area contributed by atoms with E-state index in [0.29, 0.717) is 25.2 Å². The van der Waals surface area contributed by atoms with Crippen molar-refractivity contribution in [2.45, 2.75) is 32.8 Å². The molecule has 0 bridgehead atoms. The Morgan fingerprint density at radius 1 is 1.44 bits per heavy atom. The monoisotopic (exact) mass is 225 g/mol. The summed E-state index contributed by atoms with van der Waals surface area (Å²) in [4.78, 5) is 4.18. The van der Waals surface area contributed by atoms with Crippen LogP contribution in [0.5, 0.6) is 0 Å². The molecular formula is C13H23NO2. The van der Waals surface area contributed by atoms with E-state index in [1.165, 1.54) is 5.71 Å². The number of hydrogen-bond donors (Lipinski definition) is 0. The highest BCUT2D eigenvalue weighted by molar-refractivity contribution is 5.95. The number of ether oxygens (including phenoxy) is 2. The molecule has 0 saturated carbocycles. The first kappa shape index (κ1) is 13.4. The molecule has 0 heterocycles. The van der Waals surface area contributed by atoms with Crippen molar-refractivity contribution in [1.82, 2.24) is 0 Å². The Morgan fingerprint density at radius 3 is 2.81 bits per heavy atom. The third-order valence-electron chi connectivity index (χ3n) is 2.63. The molecule has 0 spiro atoms. The van der Waals surface area contributed by atoms with Crippen LogP contribution in [0, 0.1) is 5.92 Å². The Morgan fingerprint density at radius 2 is 2.25 bits per heavy atom. The molecule has 0 aliphatic heterocycles. The lowest BCUT2D eigenvalue weighted by Crippen LogP contribution is -2.16. The predicted octanol–water partition coefficient (Wildman–Crippen LogP) is 2.47. The van der Waals surface area contributed by atoms with Gasteiger partial charge in [0.25, 0.3) is 0 Å². The van der Waals surface area contributed by atoms with Crippen LogP contribution in [0.1, 0.15) is 26.7 Å². The first-order valence-corrected chi connectivity index (χ1v) is 6.05. The fourth-order valence-electron chi connectivity index (χ4n) is 1.66. The SMILES string of the molecule is CN=C1C=CC(COCCOC(C)C)CC1. The average molecular weight is 225 g/mol. The van der Waals surface area contributed by atoms with Gasteiger partial charge in [-0.2, -0.15) is 0 Å². The Bertz CT molecular complexity index is 246. The van der Waals surface area contributed by atoms with E-state index >= 15 is 0 Å². The summed E-state index contributed by atoms with van der Waals surface area (Å²) in [6, 6.07) is 0. The van der Waals surface area contributed by atoms with Crippen molar-refractivity contribution >= 4 is 5.71 Å². The Balaban J connectivity index is 2.06. The Hall–Kier alpha value is -0.670. The summed E-state index contributed by atoms with van der Waals surface area (Å²) < 4.78 is 11.0. The molecule has 92 valence electrons. The molecule has 1 aliphatic carbocycles. The van der Waals surface area contributed by atoms with Crippen molar-refractivity contribution in [3.63, 3.8) is 0 Å². The number of nitrogens with zero attached hydrogens (tertiary/aromatic N) is 1. The summed E-state index contributed by atoms with van der Waals surface area (Å²) >= 11 is 0.